The first-order valence-electron chi connectivity index (χ1n) is 12.4. The Balaban J connectivity index is 1.36. The minimum absolute atomic E-state index is 0.0156. The number of aromatic nitrogens is 2. The number of nitrogens with zero attached hydrogens (tertiary/aromatic N) is 3. The van der Waals surface area contributed by atoms with Crippen molar-refractivity contribution in [1.29, 1.82) is 5.26 Å². The third-order valence-corrected chi connectivity index (χ3v) is 6.27. The maximum Gasteiger partial charge on any atom is 0.155 e. The summed E-state index contributed by atoms with van der Waals surface area (Å²) in [6.45, 7) is 2.84. The molecule has 0 atom stereocenters. The molecule has 3 aromatic carbocycles. The molecular formula is C30H29F2N3O. The molecule has 4 nitrogen and oxygen atoms in total. The molecule has 0 saturated heterocycles. The van der Waals surface area contributed by atoms with Crippen LogP contribution in [-0.4, -0.2) is 16.6 Å². The quantitative estimate of drug-likeness (QED) is 0.216. The Bertz CT molecular complexity index is 1360. The number of ether oxygens (including phenoxy) is 1. The highest BCUT2D eigenvalue weighted by Gasteiger charge is 2.10. The molecule has 0 aliphatic rings. The van der Waals surface area contributed by atoms with E-state index in [0.29, 0.717) is 42.6 Å². The zero-order valence-corrected chi connectivity index (χ0v) is 20.4. The molecule has 1 aromatic heterocycles. The number of unbranched alkanes of at least 4 members (excludes halogenated alkanes) is 2. The van der Waals surface area contributed by atoms with E-state index in [1.165, 1.54) is 12.1 Å². The van der Waals surface area contributed by atoms with Gasteiger partial charge in [0.05, 0.1) is 24.6 Å². The summed E-state index contributed by atoms with van der Waals surface area (Å²) < 4.78 is 34.7. The van der Waals surface area contributed by atoms with Gasteiger partial charge in [-0.25, -0.2) is 18.7 Å². The Morgan fingerprint density at radius 3 is 2.36 bits per heavy atom. The molecule has 36 heavy (non-hydrogen) atoms. The van der Waals surface area contributed by atoms with Crippen molar-refractivity contribution >= 4 is 10.8 Å². The Kier molecular flexibility index (Phi) is 8.57. The van der Waals surface area contributed by atoms with E-state index in [2.05, 4.69) is 16.9 Å². The van der Waals surface area contributed by atoms with Crippen LogP contribution in [0.4, 0.5) is 8.78 Å². The van der Waals surface area contributed by atoms with E-state index < -0.39 is 5.82 Å². The highest BCUT2D eigenvalue weighted by Crippen LogP contribution is 2.24. The molecule has 0 fully saturated rings. The molecule has 4 aromatic rings. The van der Waals surface area contributed by atoms with Crippen LogP contribution in [0.2, 0.25) is 0 Å². The molecule has 0 aliphatic heterocycles. The summed E-state index contributed by atoms with van der Waals surface area (Å²) in [5.74, 6) is 0.651. The summed E-state index contributed by atoms with van der Waals surface area (Å²) in [5, 5.41) is 10.3. The molecule has 0 saturated carbocycles. The molecule has 0 radical (unpaired) electrons. The number of hydrogen-bond acceptors (Lipinski definition) is 4. The molecule has 0 unspecified atom stereocenters. The van der Waals surface area contributed by atoms with Gasteiger partial charge in [0, 0.05) is 11.8 Å². The summed E-state index contributed by atoms with van der Waals surface area (Å²) >= 11 is 0. The largest absolute Gasteiger partial charge is 0.490 e. The van der Waals surface area contributed by atoms with Crippen molar-refractivity contribution in [2.75, 3.05) is 6.61 Å². The lowest BCUT2D eigenvalue weighted by atomic mass is 9.98. The first-order chi connectivity index (χ1) is 17.6. The first kappa shape index (κ1) is 25.2. The number of nitriles is 1. The van der Waals surface area contributed by atoms with Gasteiger partial charge in [0.25, 0.3) is 0 Å². The van der Waals surface area contributed by atoms with Crippen molar-refractivity contribution in [1.82, 2.24) is 9.97 Å². The van der Waals surface area contributed by atoms with Crippen LogP contribution >= 0.6 is 0 Å². The van der Waals surface area contributed by atoms with Crippen LogP contribution in [-0.2, 0) is 25.7 Å². The van der Waals surface area contributed by atoms with Crippen LogP contribution < -0.4 is 4.74 Å². The highest BCUT2D eigenvalue weighted by molar-refractivity contribution is 5.84. The van der Waals surface area contributed by atoms with Crippen LogP contribution in [0.15, 0.2) is 60.9 Å². The molecule has 184 valence electrons. The minimum Gasteiger partial charge on any atom is -0.490 e. The third-order valence-electron chi connectivity index (χ3n) is 6.27. The maximum absolute atomic E-state index is 15.2. The highest BCUT2D eigenvalue weighted by atomic mass is 19.1. The van der Waals surface area contributed by atoms with Crippen LogP contribution in [0.1, 0.15) is 54.3 Å². The fraction of sp³-hybridized carbons (Fsp3) is 0.300. The molecule has 0 amide bonds. The van der Waals surface area contributed by atoms with Gasteiger partial charge in [-0.3, -0.25) is 0 Å². The van der Waals surface area contributed by atoms with E-state index >= 15 is 4.39 Å². The zero-order chi connectivity index (χ0) is 25.3. The van der Waals surface area contributed by atoms with Crippen molar-refractivity contribution in [2.45, 2.75) is 51.9 Å². The van der Waals surface area contributed by atoms with Gasteiger partial charge in [-0.1, -0.05) is 56.2 Å². The Hall–Kier alpha value is -3.85. The second kappa shape index (κ2) is 12.2. The Morgan fingerprint density at radius 2 is 1.61 bits per heavy atom. The van der Waals surface area contributed by atoms with E-state index in [9.17, 15) is 4.39 Å². The lowest BCUT2D eigenvalue weighted by molar-refractivity contribution is 0.303. The third kappa shape index (κ3) is 6.42. The van der Waals surface area contributed by atoms with Crippen LogP contribution in [0.3, 0.4) is 0 Å². The van der Waals surface area contributed by atoms with Gasteiger partial charge in [0.15, 0.2) is 5.75 Å². The number of benzene rings is 3. The summed E-state index contributed by atoms with van der Waals surface area (Å²) in [4.78, 5) is 8.81. The number of hydrogen-bond donors (Lipinski definition) is 0. The number of halogens is 2. The second-order valence-electron chi connectivity index (χ2n) is 8.91. The summed E-state index contributed by atoms with van der Waals surface area (Å²) in [7, 11) is 0. The summed E-state index contributed by atoms with van der Waals surface area (Å²) in [6, 6.07) is 15.8. The molecule has 0 aliphatic carbocycles. The van der Waals surface area contributed by atoms with Gasteiger partial charge in [0.2, 0.25) is 0 Å². The predicted molar refractivity (Wildman–Crippen MR) is 137 cm³/mol. The average Bonchev–Trinajstić information content (AvgIpc) is 2.90. The van der Waals surface area contributed by atoms with Crippen LogP contribution in [0.25, 0.3) is 10.8 Å². The van der Waals surface area contributed by atoms with E-state index in [4.69, 9.17) is 10.00 Å². The Morgan fingerprint density at radius 1 is 0.861 bits per heavy atom. The lowest BCUT2D eigenvalue weighted by Gasteiger charge is -2.09. The molecular weight excluding hydrogens is 456 g/mol. The fourth-order valence-corrected chi connectivity index (χ4v) is 4.16. The first-order valence-corrected chi connectivity index (χ1v) is 12.4. The molecule has 0 spiro atoms. The molecule has 6 heteroatoms. The zero-order valence-electron chi connectivity index (χ0n) is 20.4. The minimum atomic E-state index is -0.543. The maximum atomic E-state index is 15.2. The van der Waals surface area contributed by atoms with Gasteiger partial charge >= 0.3 is 0 Å². The Labute approximate surface area is 210 Å². The van der Waals surface area contributed by atoms with E-state index in [1.807, 2.05) is 30.3 Å². The van der Waals surface area contributed by atoms with Crippen molar-refractivity contribution in [2.24, 2.45) is 0 Å². The topological polar surface area (TPSA) is 58.8 Å². The number of fused-ring (bicyclic) bond motifs is 1. The molecule has 0 N–H and O–H groups in total. The smallest absolute Gasteiger partial charge is 0.155 e. The normalized spacial score (nSPS) is 10.9. The number of rotatable bonds is 11. The van der Waals surface area contributed by atoms with Gasteiger partial charge in [-0.15, -0.1) is 0 Å². The van der Waals surface area contributed by atoms with Gasteiger partial charge in [-0.2, -0.15) is 5.26 Å². The average molecular weight is 486 g/mol. The molecule has 0 bridgehead atoms. The van der Waals surface area contributed by atoms with Crippen molar-refractivity contribution in [3.8, 4) is 11.8 Å². The standard InChI is InChI=1S/C30H29F2N3O/c1-2-3-4-15-36-26-19-34-29(35-20-26)14-8-21-7-13-27-24(16-21)12-11-23(30(27)32)9-5-22-6-10-25(18-33)28(31)17-22/h6-7,10-13,16-17,19-20H,2-5,8-9,14-15H2,1H3. The van der Waals surface area contributed by atoms with E-state index in [1.54, 1.807) is 24.5 Å². The predicted octanol–water partition coefficient (Wildman–Crippen LogP) is 6.92. The summed E-state index contributed by atoms with van der Waals surface area (Å²) in [5.41, 5.74) is 2.43. The van der Waals surface area contributed by atoms with E-state index in [0.717, 1.165) is 48.0 Å². The van der Waals surface area contributed by atoms with E-state index in [-0.39, 0.29) is 11.4 Å². The lowest BCUT2D eigenvalue weighted by Crippen LogP contribution is -2.01. The number of aryl methyl sites for hydroxylation is 4. The monoisotopic (exact) mass is 485 g/mol. The fourth-order valence-electron chi connectivity index (χ4n) is 4.16. The van der Waals surface area contributed by atoms with Gasteiger partial charge in [0.1, 0.15) is 23.5 Å². The van der Waals surface area contributed by atoms with Crippen LogP contribution in [0, 0.1) is 23.0 Å². The molecule has 4 rings (SSSR count). The second-order valence-corrected chi connectivity index (χ2v) is 8.91. The molecule has 1 heterocycles. The van der Waals surface area contributed by atoms with Crippen molar-refractivity contribution < 1.29 is 13.5 Å². The van der Waals surface area contributed by atoms with Gasteiger partial charge in [-0.05, 0) is 59.9 Å². The van der Waals surface area contributed by atoms with Crippen molar-refractivity contribution in [3.05, 3.63) is 101 Å². The van der Waals surface area contributed by atoms with Crippen LogP contribution in [0.5, 0.6) is 5.75 Å². The van der Waals surface area contributed by atoms with Gasteiger partial charge < -0.3 is 4.74 Å². The summed E-state index contributed by atoms with van der Waals surface area (Å²) in [6.07, 6.45) is 9.15. The van der Waals surface area contributed by atoms with Crippen molar-refractivity contribution in [3.63, 3.8) is 0 Å². The SMILES string of the molecule is CCCCCOc1cnc(CCc2ccc3c(F)c(CCc4ccc(C#N)c(F)c4)ccc3c2)nc1.